The van der Waals surface area contributed by atoms with Crippen molar-refractivity contribution in [2.45, 2.75) is 39.9 Å². The third-order valence-corrected chi connectivity index (χ3v) is 4.45. The van der Waals surface area contributed by atoms with E-state index in [0.29, 0.717) is 6.04 Å². The largest absolute Gasteiger partial charge is 0.345 e. The average Bonchev–Trinajstić information content (AvgIpc) is 2.95. The van der Waals surface area contributed by atoms with E-state index >= 15 is 0 Å². The van der Waals surface area contributed by atoms with Crippen LogP contribution in [0.25, 0.3) is 0 Å². The highest BCUT2D eigenvalue weighted by atomic mass is 32.1. The highest BCUT2D eigenvalue weighted by molar-refractivity contribution is 7.13. The molecule has 0 unspecified atom stereocenters. The van der Waals surface area contributed by atoms with Crippen molar-refractivity contribution < 1.29 is 0 Å². The Balaban J connectivity index is 1.94. The van der Waals surface area contributed by atoms with Crippen molar-refractivity contribution in [3.63, 3.8) is 0 Å². The number of aryl methyl sites for hydroxylation is 1. The summed E-state index contributed by atoms with van der Waals surface area (Å²) >= 11 is 3.38. The minimum Gasteiger partial charge on any atom is -0.345 e. The smallest absolute Gasteiger partial charge is 0.185 e. The van der Waals surface area contributed by atoms with Gasteiger partial charge < -0.3 is 10.2 Å². The first-order valence-corrected chi connectivity index (χ1v) is 8.10. The van der Waals surface area contributed by atoms with Crippen molar-refractivity contribution in [2.24, 2.45) is 0 Å². The fourth-order valence-electron chi connectivity index (χ4n) is 1.65. The van der Waals surface area contributed by atoms with Crippen LogP contribution in [0.2, 0.25) is 0 Å². The number of anilines is 1. The van der Waals surface area contributed by atoms with Crippen molar-refractivity contribution in [3.8, 4) is 0 Å². The van der Waals surface area contributed by atoms with Crippen LogP contribution in [0.15, 0.2) is 10.8 Å². The van der Waals surface area contributed by atoms with Gasteiger partial charge in [0.2, 0.25) is 0 Å². The SMILES string of the molecule is Cc1nc(CN(C)c2nc(CNC(C)C)cs2)cs1. The molecule has 2 rings (SSSR count). The van der Waals surface area contributed by atoms with Gasteiger partial charge in [0.15, 0.2) is 5.13 Å². The molecule has 0 aliphatic rings. The van der Waals surface area contributed by atoms with Crippen molar-refractivity contribution in [3.05, 3.63) is 27.2 Å². The van der Waals surface area contributed by atoms with Crippen molar-refractivity contribution in [1.82, 2.24) is 15.3 Å². The summed E-state index contributed by atoms with van der Waals surface area (Å²) in [6.07, 6.45) is 0. The van der Waals surface area contributed by atoms with Crippen LogP contribution in [-0.4, -0.2) is 23.1 Å². The Morgan fingerprint density at radius 3 is 2.58 bits per heavy atom. The highest BCUT2D eigenvalue weighted by Crippen LogP contribution is 2.21. The molecule has 4 nitrogen and oxygen atoms in total. The van der Waals surface area contributed by atoms with E-state index in [2.05, 4.69) is 51.8 Å². The third-order valence-electron chi connectivity index (χ3n) is 2.62. The molecule has 0 amide bonds. The molecule has 0 aliphatic heterocycles. The molecule has 0 radical (unpaired) electrons. The van der Waals surface area contributed by atoms with E-state index in [4.69, 9.17) is 0 Å². The molecular weight excluding hydrogens is 276 g/mol. The van der Waals surface area contributed by atoms with Crippen LogP contribution < -0.4 is 10.2 Å². The Morgan fingerprint density at radius 1 is 1.21 bits per heavy atom. The van der Waals surface area contributed by atoms with Gasteiger partial charge in [-0.05, 0) is 6.92 Å². The molecular formula is C13H20N4S2. The number of nitrogens with one attached hydrogen (secondary N) is 1. The number of nitrogens with zero attached hydrogens (tertiary/aromatic N) is 3. The Hall–Kier alpha value is -0.980. The first kappa shape index (κ1) is 14.4. The number of thiazole rings is 2. The van der Waals surface area contributed by atoms with E-state index in [1.807, 2.05) is 6.92 Å². The molecule has 0 saturated heterocycles. The van der Waals surface area contributed by atoms with Gasteiger partial charge in [0.25, 0.3) is 0 Å². The highest BCUT2D eigenvalue weighted by Gasteiger charge is 2.09. The van der Waals surface area contributed by atoms with E-state index in [0.717, 1.165) is 34.6 Å². The molecule has 0 aliphatic carbocycles. The minimum atomic E-state index is 0.487. The number of aromatic nitrogens is 2. The average molecular weight is 296 g/mol. The molecule has 104 valence electrons. The number of hydrogen-bond donors (Lipinski definition) is 1. The van der Waals surface area contributed by atoms with Gasteiger partial charge in [0.05, 0.1) is 22.9 Å². The zero-order chi connectivity index (χ0) is 13.8. The molecule has 2 heterocycles. The summed E-state index contributed by atoms with van der Waals surface area (Å²) < 4.78 is 0. The molecule has 19 heavy (non-hydrogen) atoms. The number of hydrogen-bond acceptors (Lipinski definition) is 6. The van der Waals surface area contributed by atoms with Gasteiger partial charge in [0.1, 0.15) is 0 Å². The van der Waals surface area contributed by atoms with Crippen LogP contribution in [0.1, 0.15) is 30.2 Å². The van der Waals surface area contributed by atoms with E-state index in [1.165, 1.54) is 0 Å². The van der Waals surface area contributed by atoms with Crippen molar-refractivity contribution in [2.75, 3.05) is 11.9 Å². The predicted molar refractivity (Wildman–Crippen MR) is 83.0 cm³/mol. The summed E-state index contributed by atoms with van der Waals surface area (Å²) in [6, 6.07) is 0.487. The van der Waals surface area contributed by atoms with E-state index in [-0.39, 0.29) is 0 Å². The normalized spacial score (nSPS) is 11.2. The van der Waals surface area contributed by atoms with Gasteiger partial charge in [-0.15, -0.1) is 22.7 Å². The van der Waals surface area contributed by atoms with E-state index in [9.17, 15) is 0 Å². The zero-order valence-electron chi connectivity index (χ0n) is 11.8. The second kappa shape index (κ2) is 6.45. The van der Waals surface area contributed by atoms with Crippen LogP contribution in [0.4, 0.5) is 5.13 Å². The van der Waals surface area contributed by atoms with Crippen molar-refractivity contribution >= 4 is 27.8 Å². The maximum absolute atomic E-state index is 4.64. The maximum atomic E-state index is 4.64. The molecule has 6 heteroatoms. The lowest BCUT2D eigenvalue weighted by Crippen LogP contribution is -2.22. The zero-order valence-corrected chi connectivity index (χ0v) is 13.4. The van der Waals surface area contributed by atoms with Crippen LogP contribution in [0, 0.1) is 6.92 Å². The molecule has 0 fully saturated rings. The van der Waals surface area contributed by atoms with Crippen LogP contribution in [0.3, 0.4) is 0 Å². The summed E-state index contributed by atoms with van der Waals surface area (Å²) in [4.78, 5) is 11.3. The van der Waals surface area contributed by atoms with Crippen LogP contribution in [-0.2, 0) is 13.1 Å². The molecule has 0 aromatic carbocycles. The predicted octanol–water partition coefficient (Wildman–Crippen LogP) is 3.04. The second-order valence-electron chi connectivity index (χ2n) is 4.87. The van der Waals surface area contributed by atoms with Gasteiger partial charge in [-0.2, -0.15) is 0 Å². The van der Waals surface area contributed by atoms with Gasteiger partial charge in [0, 0.05) is 30.4 Å². The van der Waals surface area contributed by atoms with Crippen LogP contribution in [0.5, 0.6) is 0 Å². The summed E-state index contributed by atoms with van der Waals surface area (Å²) in [7, 11) is 2.06. The summed E-state index contributed by atoms with van der Waals surface area (Å²) in [5.74, 6) is 0. The van der Waals surface area contributed by atoms with E-state index < -0.39 is 0 Å². The van der Waals surface area contributed by atoms with Gasteiger partial charge in [-0.3, -0.25) is 0 Å². The first-order valence-electron chi connectivity index (χ1n) is 6.34. The van der Waals surface area contributed by atoms with Crippen molar-refractivity contribution in [1.29, 1.82) is 0 Å². The Bertz CT molecular complexity index is 518. The summed E-state index contributed by atoms with van der Waals surface area (Å²) in [5.41, 5.74) is 2.22. The minimum absolute atomic E-state index is 0.487. The lowest BCUT2D eigenvalue weighted by atomic mass is 10.4. The monoisotopic (exact) mass is 296 g/mol. The second-order valence-corrected chi connectivity index (χ2v) is 6.77. The standard InChI is InChI=1S/C13H20N4S2/c1-9(2)14-5-11-7-19-13(16-11)17(4)6-12-8-18-10(3)15-12/h7-9,14H,5-6H2,1-4H3. The molecule has 1 N–H and O–H groups in total. The van der Waals surface area contributed by atoms with Gasteiger partial charge >= 0.3 is 0 Å². The molecule has 0 atom stereocenters. The molecule has 2 aromatic heterocycles. The molecule has 2 aromatic rings. The summed E-state index contributed by atoms with van der Waals surface area (Å²) in [6.45, 7) is 7.97. The summed E-state index contributed by atoms with van der Waals surface area (Å²) in [5, 5.41) is 9.77. The number of rotatable bonds is 6. The quantitative estimate of drug-likeness (QED) is 0.889. The lowest BCUT2D eigenvalue weighted by Gasteiger charge is -2.13. The first-order chi connectivity index (χ1) is 9.04. The Kier molecular flexibility index (Phi) is 4.90. The molecule has 0 spiro atoms. The van der Waals surface area contributed by atoms with Gasteiger partial charge in [-0.1, -0.05) is 13.8 Å². The van der Waals surface area contributed by atoms with Gasteiger partial charge in [-0.25, -0.2) is 9.97 Å². The molecule has 0 saturated carbocycles. The third kappa shape index (κ3) is 4.26. The van der Waals surface area contributed by atoms with E-state index in [1.54, 1.807) is 22.7 Å². The van der Waals surface area contributed by atoms with Crippen LogP contribution >= 0.6 is 22.7 Å². The maximum Gasteiger partial charge on any atom is 0.185 e. The Morgan fingerprint density at radius 2 is 1.95 bits per heavy atom. The Labute approximate surface area is 122 Å². The lowest BCUT2D eigenvalue weighted by molar-refractivity contribution is 0.583. The topological polar surface area (TPSA) is 41.1 Å². The fourth-order valence-corrected chi connectivity index (χ4v) is 3.05. The fraction of sp³-hybridized carbons (Fsp3) is 0.538. The molecule has 0 bridgehead atoms.